The second-order valence-electron chi connectivity index (χ2n) is 10.5. The quantitative estimate of drug-likeness (QED) is 0.131. The number of halogens is 17. The van der Waals surface area contributed by atoms with E-state index in [-0.39, 0.29) is 6.61 Å². The molecule has 0 N–H and O–H groups in total. The first-order valence-corrected chi connectivity index (χ1v) is 14.8. The molecule has 1 nitrogen and oxygen atoms in total. The first kappa shape index (κ1) is 40.0. The maximum absolute atomic E-state index is 14.6. The van der Waals surface area contributed by atoms with E-state index in [1.165, 1.54) is 39.8 Å². The van der Waals surface area contributed by atoms with Gasteiger partial charge in [0.2, 0.25) is 0 Å². The molecule has 0 aliphatic heterocycles. The highest BCUT2D eigenvalue weighted by atomic mass is 28.4. The van der Waals surface area contributed by atoms with E-state index in [1.807, 2.05) is 0 Å². The summed E-state index contributed by atoms with van der Waals surface area (Å²) in [6, 6.07) is 7.07. The van der Waals surface area contributed by atoms with Crippen molar-refractivity contribution in [2.24, 2.45) is 0 Å². The van der Waals surface area contributed by atoms with Crippen LogP contribution in [0.1, 0.15) is 39.7 Å². The van der Waals surface area contributed by atoms with Crippen molar-refractivity contribution in [3.8, 4) is 0 Å². The van der Waals surface area contributed by atoms with Crippen LogP contribution in [0.5, 0.6) is 0 Å². The van der Waals surface area contributed by atoms with Crippen LogP contribution in [0.25, 0.3) is 6.08 Å². The highest BCUT2D eigenvalue weighted by Crippen LogP contribution is 2.64. The van der Waals surface area contributed by atoms with Gasteiger partial charge in [-0.25, -0.2) is 0 Å². The van der Waals surface area contributed by atoms with E-state index in [9.17, 15) is 74.6 Å². The second-order valence-corrected chi connectivity index (χ2v) is 15.5. The topological polar surface area (TPSA) is 9.23 Å². The zero-order valence-corrected chi connectivity index (χ0v) is 24.2. The van der Waals surface area contributed by atoms with Crippen LogP contribution < -0.4 is 0 Å². The molecule has 1 aromatic rings. The van der Waals surface area contributed by atoms with Gasteiger partial charge in [0.25, 0.3) is 0 Å². The van der Waals surface area contributed by atoms with Gasteiger partial charge in [0.15, 0.2) is 8.32 Å². The average molecular weight is 695 g/mol. The number of rotatable bonds is 15. The normalized spacial score (nSPS) is 15.6. The van der Waals surface area contributed by atoms with E-state index in [2.05, 4.69) is 0 Å². The molecule has 0 saturated heterocycles. The molecule has 0 amide bonds. The number of alkyl halides is 17. The Morgan fingerprint density at radius 3 is 1.36 bits per heavy atom. The molecule has 44 heavy (non-hydrogen) atoms. The second kappa shape index (κ2) is 12.6. The lowest BCUT2D eigenvalue weighted by atomic mass is 9.88. The molecule has 19 heteroatoms. The molecule has 1 aromatic carbocycles. The van der Waals surface area contributed by atoms with Gasteiger partial charge < -0.3 is 4.43 Å². The largest absolute Gasteiger partial charge is 0.460 e. The number of hydrogen-bond acceptors (Lipinski definition) is 1. The maximum Gasteiger partial charge on any atom is 0.460 e. The third-order valence-corrected chi connectivity index (χ3v) is 12.8. The SMILES string of the molecule is CC(C)[Si](CCC(F)(F)C(F)(F)C(F)(F)C(F)(F)C(F)(F)C(F)(F)C(F)(F)C(F)(F)F)(OC/C=C/c1ccccc1)C(C)C. The van der Waals surface area contributed by atoms with Crippen LogP contribution in [0.15, 0.2) is 36.4 Å². The predicted molar refractivity (Wildman–Crippen MR) is 127 cm³/mol. The fourth-order valence-corrected chi connectivity index (χ4v) is 8.72. The Hall–Kier alpha value is -2.05. The summed E-state index contributed by atoms with van der Waals surface area (Å²) in [6.45, 7) is 5.14. The average Bonchev–Trinajstić information content (AvgIpc) is 2.87. The predicted octanol–water partition coefficient (Wildman–Crippen LogP) is 10.9. The van der Waals surface area contributed by atoms with E-state index in [4.69, 9.17) is 4.43 Å². The van der Waals surface area contributed by atoms with Gasteiger partial charge >= 0.3 is 47.6 Å². The van der Waals surface area contributed by atoms with Crippen molar-refractivity contribution in [1.29, 1.82) is 0 Å². The molecule has 0 radical (unpaired) electrons. The van der Waals surface area contributed by atoms with Crippen LogP contribution in [-0.4, -0.2) is 62.6 Å². The molecule has 0 atom stereocenters. The van der Waals surface area contributed by atoms with Crippen molar-refractivity contribution >= 4 is 14.4 Å². The van der Waals surface area contributed by atoms with E-state index >= 15 is 0 Å². The molecular weight excluding hydrogens is 667 g/mol. The Morgan fingerprint density at radius 2 is 0.977 bits per heavy atom. The van der Waals surface area contributed by atoms with Gasteiger partial charge in [0, 0.05) is 6.42 Å². The summed E-state index contributed by atoms with van der Waals surface area (Å²) in [5, 5.41) is 0. The van der Waals surface area contributed by atoms with Crippen LogP contribution in [0, 0.1) is 0 Å². The summed E-state index contributed by atoms with van der Waals surface area (Å²) in [7, 11) is -3.78. The van der Waals surface area contributed by atoms with Crippen LogP contribution in [0.4, 0.5) is 74.6 Å². The van der Waals surface area contributed by atoms with E-state index < -0.39 is 79.5 Å². The minimum Gasteiger partial charge on any atom is -0.413 e. The summed E-state index contributed by atoms with van der Waals surface area (Å²) in [5.74, 6) is -56.3. The summed E-state index contributed by atoms with van der Waals surface area (Å²) < 4.78 is 237. The number of benzene rings is 1. The van der Waals surface area contributed by atoms with Gasteiger partial charge in [-0.3, -0.25) is 0 Å². The first-order chi connectivity index (χ1) is 19.4. The van der Waals surface area contributed by atoms with Crippen LogP contribution in [0.3, 0.4) is 0 Å². The van der Waals surface area contributed by atoms with Gasteiger partial charge in [0.05, 0.1) is 6.61 Å². The zero-order chi connectivity index (χ0) is 35.0. The molecule has 256 valence electrons. The minimum atomic E-state index is -8.63. The van der Waals surface area contributed by atoms with Crippen molar-refractivity contribution < 1.29 is 79.1 Å². The van der Waals surface area contributed by atoms with E-state index in [0.717, 1.165) is 0 Å². The molecular formula is C25H27F17OSi. The Kier molecular flexibility index (Phi) is 11.5. The lowest BCUT2D eigenvalue weighted by molar-refractivity contribution is -0.461. The Labute approximate surface area is 241 Å². The molecule has 0 spiro atoms. The van der Waals surface area contributed by atoms with Gasteiger partial charge in [0.1, 0.15) is 0 Å². The lowest BCUT2D eigenvalue weighted by Gasteiger charge is -2.44. The van der Waals surface area contributed by atoms with Crippen LogP contribution >= 0.6 is 0 Å². The van der Waals surface area contributed by atoms with Crippen molar-refractivity contribution in [3.63, 3.8) is 0 Å². The molecule has 0 aliphatic rings. The van der Waals surface area contributed by atoms with E-state index in [1.54, 1.807) is 30.3 Å². The van der Waals surface area contributed by atoms with Gasteiger partial charge in [-0.15, -0.1) is 0 Å². The molecule has 0 bridgehead atoms. The highest BCUT2D eigenvalue weighted by molar-refractivity contribution is 6.76. The summed E-state index contributed by atoms with van der Waals surface area (Å²) in [5.41, 5.74) is -0.875. The molecule has 0 fully saturated rings. The number of hydrogen-bond donors (Lipinski definition) is 0. The maximum atomic E-state index is 14.6. The summed E-state index contributed by atoms with van der Waals surface area (Å²) in [6.07, 6.45) is -7.38. The Bertz CT molecular complexity index is 1100. The molecule has 0 aliphatic carbocycles. The van der Waals surface area contributed by atoms with Crippen LogP contribution in [-0.2, 0) is 4.43 Å². The first-order valence-electron chi connectivity index (χ1n) is 12.5. The van der Waals surface area contributed by atoms with Gasteiger partial charge in [-0.05, 0) is 22.7 Å². The van der Waals surface area contributed by atoms with Gasteiger partial charge in [-0.2, -0.15) is 74.6 Å². The molecule has 0 unspecified atom stereocenters. The smallest absolute Gasteiger partial charge is 0.413 e. The van der Waals surface area contributed by atoms with Crippen LogP contribution in [0.2, 0.25) is 17.1 Å². The van der Waals surface area contributed by atoms with Gasteiger partial charge in [-0.1, -0.05) is 70.2 Å². The Balaban J connectivity index is 3.45. The molecule has 1 rings (SSSR count). The Morgan fingerprint density at radius 1 is 0.591 bits per heavy atom. The standard InChI is InChI=1S/C25H27F17OSi/c1-15(2)44(16(3)4,43-13-8-11-17-9-6-5-7-10-17)14-12-18(26,27)19(28,29)20(30,31)21(32,33)22(34,35)23(36,37)24(38,39)25(40,41)42/h5-11,15-16H,12-14H2,1-4H3/b11-8+. The van der Waals surface area contributed by atoms with Crippen molar-refractivity contribution in [2.45, 2.75) is 98.9 Å². The third-order valence-electron chi connectivity index (χ3n) is 7.13. The summed E-state index contributed by atoms with van der Waals surface area (Å²) >= 11 is 0. The fraction of sp³-hybridized carbons (Fsp3) is 0.680. The highest BCUT2D eigenvalue weighted by Gasteiger charge is 2.95. The third kappa shape index (κ3) is 6.58. The minimum absolute atomic E-state index is 0.345. The monoisotopic (exact) mass is 694 g/mol. The summed E-state index contributed by atoms with van der Waals surface area (Å²) in [4.78, 5) is 0. The van der Waals surface area contributed by atoms with Crippen molar-refractivity contribution in [3.05, 3.63) is 42.0 Å². The van der Waals surface area contributed by atoms with Crippen molar-refractivity contribution in [1.82, 2.24) is 0 Å². The molecule has 0 saturated carbocycles. The van der Waals surface area contributed by atoms with Crippen molar-refractivity contribution in [2.75, 3.05) is 6.61 Å². The molecule has 0 heterocycles. The fourth-order valence-electron chi connectivity index (χ4n) is 4.31. The lowest BCUT2D eigenvalue weighted by Crippen LogP contribution is -2.74. The zero-order valence-electron chi connectivity index (χ0n) is 23.2. The molecule has 0 aromatic heterocycles. The van der Waals surface area contributed by atoms with E-state index in [0.29, 0.717) is 5.56 Å².